The van der Waals surface area contributed by atoms with Gasteiger partial charge in [-0.15, -0.1) is 0 Å². The summed E-state index contributed by atoms with van der Waals surface area (Å²) < 4.78 is 4.99. The van der Waals surface area contributed by atoms with Gasteiger partial charge in [0.2, 0.25) is 0 Å². The molecule has 2 N–H and O–H groups in total. The van der Waals surface area contributed by atoms with Crippen LogP contribution in [0.5, 0.6) is 0 Å². The van der Waals surface area contributed by atoms with Gasteiger partial charge in [-0.3, -0.25) is 0 Å². The molecule has 0 aromatic heterocycles. The van der Waals surface area contributed by atoms with Crippen molar-refractivity contribution in [1.29, 1.82) is 0 Å². The van der Waals surface area contributed by atoms with Crippen molar-refractivity contribution >= 4 is 17.7 Å². The molecule has 0 aliphatic heterocycles. The zero-order valence-electron chi connectivity index (χ0n) is 12.3. The molecule has 2 atom stereocenters. The normalized spacial score (nSPS) is 15.4. The molecule has 0 heterocycles. The van der Waals surface area contributed by atoms with Crippen LogP contribution in [0.3, 0.4) is 0 Å². The van der Waals surface area contributed by atoms with Crippen molar-refractivity contribution in [1.82, 2.24) is 5.32 Å². The fourth-order valence-corrected chi connectivity index (χ4v) is 3.24. The molecule has 1 aromatic carbocycles. The van der Waals surface area contributed by atoms with Crippen molar-refractivity contribution in [3.05, 3.63) is 35.9 Å². The monoisotopic (exact) mass is 297 g/mol. The number of carbonyl (C=O) groups is 1. The summed E-state index contributed by atoms with van der Waals surface area (Å²) in [4.78, 5) is 12.3. The van der Waals surface area contributed by atoms with Crippen LogP contribution in [0.4, 0.5) is 0 Å². The highest BCUT2D eigenvalue weighted by atomic mass is 32.2. The van der Waals surface area contributed by atoms with Crippen molar-refractivity contribution in [2.45, 2.75) is 24.1 Å². The predicted molar refractivity (Wildman–Crippen MR) is 82.8 cm³/mol. The number of rotatable bonds is 8. The van der Waals surface area contributed by atoms with Gasteiger partial charge in [0.05, 0.1) is 7.11 Å². The first kappa shape index (κ1) is 17.0. The van der Waals surface area contributed by atoms with Crippen LogP contribution in [-0.2, 0) is 15.1 Å². The lowest BCUT2D eigenvalue weighted by molar-refractivity contribution is -0.147. The van der Waals surface area contributed by atoms with E-state index in [-0.39, 0.29) is 17.8 Å². The molecular formula is C15H23NO3S. The second-order valence-corrected chi connectivity index (χ2v) is 6.07. The van der Waals surface area contributed by atoms with E-state index >= 15 is 0 Å². The van der Waals surface area contributed by atoms with Gasteiger partial charge in [-0.25, -0.2) is 4.79 Å². The second-order valence-electron chi connectivity index (χ2n) is 4.65. The molecule has 4 nitrogen and oxygen atoms in total. The SMILES string of the molecule is CNC(CSC(C)CCO)(C(=O)OC)c1ccccc1. The van der Waals surface area contributed by atoms with Gasteiger partial charge in [-0.1, -0.05) is 37.3 Å². The van der Waals surface area contributed by atoms with Gasteiger partial charge in [0, 0.05) is 17.6 Å². The van der Waals surface area contributed by atoms with E-state index in [4.69, 9.17) is 9.84 Å². The number of carbonyl (C=O) groups excluding carboxylic acids is 1. The molecule has 5 heteroatoms. The molecule has 0 radical (unpaired) electrons. The highest BCUT2D eigenvalue weighted by molar-refractivity contribution is 7.99. The van der Waals surface area contributed by atoms with Crippen molar-refractivity contribution in [2.24, 2.45) is 0 Å². The predicted octanol–water partition coefficient (Wildman–Crippen LogP) is 1.78. The molecule has 0 spiro atoms. The maximum Gasteiger partial charge on any atom is 0.331 e. The van der Waals surface area contributed by atoms with E-state index in [9.17, 15) is 4.79 Å². The van der Waals surface area contributed by atoms with Crippen molar-refractivity contribution < 1.29 is 14.6 Å². The van der Waals surface area contributed by atoms with E-state index < -0.39 is 5.54 Å². The van der Waals surface area contributed by atoms with Gasteiger partial charge >= 0.3 is 5.97 Å². The molecule has 112 valence electrons. The van der Waals surface area contributed by atoms with E-state index in [0.29, 0.717) is 12.2 Å². The van der Waals surface area contributed by atoms with Gasteiger partial charge < -0.3 is 15.2 Å². The van der Waals surface area contributed by atoms with Gasteiger partial charge in [0.15, 0.2) is 5.54 Å². The first-order valence-electron chi connectivity index (χ1n) is 6.66. The van der Waals surface area contributed by atoms with Gasteiger partial charge in [-0.2, -0.15) is 11.8 Å². The molecule has 0 aliphatic carbocycles. The summed E-state index contributed by atoms with van der Waals surface area (Å²) in [5.74, 6) is 0.261. The molecule has 0 fully saturated rings. The molecule has 0 bridgehead atoms. The van der Waals surface area contributed by atoms with Crippen LogP contribution in [0.2, 0.25) is 0 Å². The number of esters is 1. The number of benzene rings is 1. The number of aliphatic hydroxyl groups is 1. The van der Waals surface area contributed by atoms with E-state index in [1.165, 1.54) is 7.11 Å². The number of hydrogen-bond acceptors (Lipinski definition) is 5. The smallest absolute Gasteiger partial charge is 0.331 e. The summed E-state index contributed by atoms with van der Waals surface area (Å²) in [7, 11) is 3.17. The van der Waals surface area contributed by atoms with E-state index in [2.05, 4.69) is 5.32 Å². The van der Waals surface area contributed by atoms with Crippen LogP contribution >= 0.6 is 11.8 Å². The number of thioether (sulfide) groups is 1. The molecule has 1 rings (SSSR count). The molecular weight excluding hydrogens is 274 g/mol. The minimum absolute atomic E-state index is 0.157. The third-order valence-electron chi connectivity index (χ3n) is 3.35. The minimum Gasteiger partial charge on any atom is -0.467 e. The third kappa shape index (κ3) is 3.98. The Balaban J connectivity index is 2.98. The first-order chi connectivity index (χ1) is 9.60. The molecule has 0 saturated heterocycles. The molecule has 1 aromatic rings. The standard InChI is InChI=1S/C15H23NO3S/c1-12(9-10-17)20-11-15(16-2,14(18)19-3)13-7-5-4-6-8-13/h4-8,12,16-17H,9-11H2,1-3H3. The van der Waals surface area contributed by atoms with E-state index in [1.54, 1.807) is 18.8 Å². The summed E-state index contributed by atoms with van der Waals surface area (Å²) in [5, 5.41) is 12.4. The quantitative estimate of drug-likeness (QED) is 0.716. The number of ether oxygens (including phenoxy) is 1. The van der Waals surface area contributed by atoms with Crippen LogP contribution in [-0.4, -0.2) is 42.8 Å². The molecule has 0 amide bonds. The lowest BCUT2D eigenvalue weighted by atomic mass is 9.92. The molecule has 2 unspecified atom stereocenters. The van der Waals surface area contributed by atoms with E-state index in [1.807, 2.05) is 37.3 Å². The number of aliphatic hydroxyl groups excluding tert-OH is 1. The van der Waals surface area contributed by atoms with Gasteiger partial charge in [0.25, 0.3) is 0 Å². The molecule has 20 heavy (non-hydrogen) atoms. The third-order valence-corrected chi connectivity index (χ3v) is 4.75. The van der Waals surface area contributed by atoms with Crippen LogP contribution < -0.4 is 5.32 Å². The summed E-state index contributed by atoms with van der Waals surface area (Å²) in [5.41, 5.74) is 0.0303. The highest BCUT2D eigenvalue weighted by Gasteiger charge is 2.40. The molecule has 0 saturated carbocycles. The Kier molecular flexibility index (Phi) is 7.05. The largest absolute Gasteiger partial charge is 0.467 e. The zero-order valence-corrected chi connectivity index (χ0v) is 13.1. The Bertz CT molecular complexity index is 413. The second kappa shape index (κ2) is 8.29. The Labute approximate surface area is 124 Å². The minimum atomic E-state index is -0.857. The Hall–Kier alpha value is -1.04. The first-order valence-corrected chi connectivity index (χ1v) is 7.71. The highest BCUT2D eigenvalue weighted by Crippen LogP contribution is 2.29. The van der Waals surface area contributed by atoms with Crippen molar-refractivity contribution in [3.63, 3.8) is 0 Å². The van der Waals surface area contributed by atoms with Crippen LogP contribution in [0.1, 0.15) is 18.9 Å². The Morgan fingerprint density at radius 3 is 2.60 bits per heavy atom. The van der Waals surface area contributed by atoms with Crippen molar-refractivity contribution in [3.8, 4) is 0 Å². The summed E-state index contributed by atoms with van der Waals surface area (Å²) in [6.07, 6.45) is 0.709. The van der Waals surface area contributed by atoms with Crippen LogP contribution in [0.15, 0.2) is 30.3 Å². The van der Waals surface area contributed by atoms with Crippen molar-refractivity contribution in [2.75, 3.05) is 26.5 Å². The van der Waals surface area contributed by atoms with E-state index in [0.717, 1.165) is 5.56 Å². The zero-order chi connectivity index (χ0) is 15.0. The summed E-state index contributed by atoms with van der Waals surface area (Å²) in [6, 6.07) is 9.58. The lowest BCUT2D eigenvalue weighted by Gasteiger charge is -2.31. The maximum atomic E-state index is 12.3. The van der Waals surface area contributed by atoms with Crippen LogP contribution in [0, 0.1) is 0 Å². The number of nitrogens with one attached hydrogen (secondary N) is 1. The van der Waals surface area contributed by atoms with Gasteiger partial charge in [-0.05, 0) is 19.0 Å². The average molecular weight is 297 g/mol. The fourth-order valence-electron chi connectivity index (χ4n) is 2.01. The number of likely N-dealkylation sites (N-methyl/N-ethyl adjacent to an activating group) is 1. The molecule has 0 aliphatic rings. The Morgan fingerprint density at radius 2 is 2.10 bits per heavy atom. The number of methoxy groups -OCH3 is 1. The van der Waals surface area contributed by atoms with Crippen LogP contribution in [0.25, 0.3) is 0 Å². The maximum absolute atomic E-state index is 12.3. The fraction of sp³-hybridized carbons (Fsp3) is 0.533. The summed E-state index contributed by atoms with van der Waals surface area (Å²) >= 11 is 1.65. The summed E-state index contributed by atoms with van der Waals surface area (Å²) in [6.45, 7) is 2.20. The Morgan fingerprint density at radius 1 is 1.45 bits per heavy atom. The van der Waals surface area contributed by atoms with Gasteiger partial charge in [0.1, 0.15) is 0 Å². The average Bonchev–Trinajstić information content (AvgIpc) is 2.49. The lowest BCUT2D eigenvalue weighted by Crippen LogP contribution is -2.50. The topological polar surface area (TPSA) is 58.6 Å². The number of hydrogen-bond donors (Lipinski definition) is 2.